The maximum absolute atomic E-state index is 12.3. The monoisotopic (exact) mass is 323 g/mol. The van der Waals surface area contributed by atoms with Crippen molar-refractivity contribution in [3.8, 4) is 17.2 Å². The molecule has 0 spiro atoms. The fraction of sp³-hybridized carbons (Fsp3) is 0.375. The second-order valence-corrected chi connectivity index (χ2v) is 4.45. The molecule has 0 radical (unpaired) electrons. The van der Waals surface area contributed by atoms with E-state index in [0.29, 0.717) is 28.5 Å². The Balaban J connectivity index is 3.02. The summed E-state index contributed by atoms with van der Waals surface area (Å²) in [6.07, 6.45) is 1.21. The van der Waals surface area contributed by atoms with E-state index in [2.05, 4.69) is 5.32 Å². The SMILES string of the molecule is CCOC(=O)/C=C(\C)NC(=O)c1cc(OC)c(OC)c(OC)c1. The van der Waals surface area contributed by atoms with E-state index in [4.69, 9.17) is 18.9 Å². The third kappa shape index (κ3) is 4.91. The molecule has 0 saturated carbocycles. The van der Waals surface area contributed by atoms with Gasteiger partial charge in [-0.25, -0.2) is 4.79 Å². The van der Waals surface area contributed by atoms with Crippen LogP contribution in [0.3, 0.4) is 0 Å². The Morgan fingerprint density at radius 1 is 1.09 bits per heavy atom. The van der Waals surface area contributed by atoms with Crippen LogP contribution < -0.4 is 19.5 Å². The van der Waals surface area contributed by atoms with Gasteiger partial charge in [-0.05, 0) is 26.0 Å². The molecule has 0 aliphatic heterocycles. The molecule has 1 amide bonds. The van der Waals surface area contributed by atoms with Crippen LogP contribution in [0.4, 0.5) is 0 Å². The molecule has 1 rings (SSSR count). The van der Waals surface area contributed by atoms with Crippen molar-refractivity contribution in [2.24, 2.45) is 0 Å². The van der Waals surface area contributed by atoms with Gasteiger partial charge in [-0.1, -0.05) is 0 Å². The molecule has 7 nitrogen and oxygen atoms in total. The van der Waals surface area contributed by atoms with Gasteiger partial charge in [-0.2, -0.15) is 0 Å². The average Bonchev–Trinajstić information content (AvgIpc) is 2.53. The summed E-state index contributed by atoms with van der Waals surface area (Å²) in [6.45, 7) is 3.56. The topological polar surface area (TPSA) is 83.1 Å². The van der Waals surface area contributed by atoms with Gasteiger partial charge in [0, 0.05) is 17.3 Å². The van der Waals surface area contributed by atoms with E-state index in [1.54, 1.807) is 13.8 Å². The summed E-state index contributed by atoms with van der Waals surface area (Å²) in [5.41, 5.74) is 0.665. The largest absolute Gasteiger partial charge is 0.493 e. The predicted octanol–water partition coefficient (Wildman–Crippen LogP) is 1.91. The number of carbonyl (C=O) groups excluding carboxylic acids is 2. The van der Waals surface area contributed by atoms with Crippen LogP contribution in [-0.2, 0) is 9.53 Å². The third-order valence-electron chi connectivity index (χ3n) is 2.86. The van der Waals surface area contributed by atoms with Crippen molar-refractivity contribution < 1.29 is 28.5 Å². The smallest absolute Gasteiger partial charge is 0.332 e. The van der Waals surface area contributed by atoms with Crippen LogP contribution in [0.5, 0.6) is 17.2 Å². The number of carbonyl (C=O) groups is 2. The number of hydrogen-bond donors (Lipinski definition) is 1. The molecule has 0 fully saturated rings. The van der Waals surface area contributed by atoms with Gasteiger partial charge in [0.15, 0.2) is 11.5 Å². The highest BCUT2D eigenvalue weighted by molar-refractivity contribution is 5.97. The zero-order valence-electron chi connectivity index (χ0n) is 13.9. The molecule has 0 bridgehead atoms. The first-order valence-electron chi connectivity index (χ1n) is 6.93. The number of amides is 1. The van der Waals surface area contributed by atoms with Crippen LogP contribution in [0.1, 0.15) is 24.2 Å². The molecule has 23 heavy (non-hydrogen) atoms. The lowest BCUT2D eigenvalue weighted by molar-refractivity contribution is -0.137. The standard InChI is InChI=1S/C16H21NO6/c1-6-23-14(18)7-10(2)17-16(19)11-8-12(20-3)15(22-5)13(9-11)21-4/h7-9H,6H2,1-5H3,(H,17,19)/b10-7+. The van der Waals surface area contributed by atoms with Crippen LogP contribution >= 0.6 is 0 Å². The molecular formula is C16H21NO6. The first-order chi connectivity index (χ1) is 11.0. The number of hydrogen-bond acceptors (Lipinski definition) is 6. The number of methoxy groups -OCH3 is 3. The minimum atomic E-state index is -0.518. The number of allylic oxidation sites excluding steroid dienone is 1. The van der Waals surface area contributed by atoms with Gasteiger partial charge in [-0.3, -0.25) is 4.79 Å². The fourth-order valence-corrected chi connectivity index (χ4v) is 1.86. The quantitative estimate of drug-likeness (QED) is 0.609. The lowest BCUT2D eigenvalue weighted by Crippen LogP contribution is -2.22. The van der Waals surface area contributed by atoms with Gasteiger partial charge in [0.1, 0.15) is 0 Å². The van der Waals surface area contributed by atoms with Crippen molar-refractivity contribution >= 4 is 11.9 Å². The van der Waals surface area contributed by atoms with Crippen LogP contribution in [0, 0.1) is 0 Å². The van der Waals surface area contributed by atoms with Crippen molar-refractivity contribution in [1.82, 2.24) is 5.32 Å². The Hall–Kier alpha value is -2.70. The highest BCUT2D eigenvalue weighted by atomic mass is 16.5. The maximum Gasteiger partial charge on any atom is 0.332 e. The predicted molar refractivity (Wildman–Crippen MR) is 84.0 cm³/mol. The normalized spacial score (nSPS) is 10.7. The van der Waals surface area contributed by atoms with Gasteiger partial charge >= 0.3 is 5.97 Å². The summed E-state index contributed by atoms with van der Waals surface area (Å²) in [5.74, 6) is 0.191. The molecule has 1 N–H and O–H groups in total. The van der Waals surface area contributed by atoms with E-state index >= 15 is 0 Å². The Morgan fingerprint density at radius 2 is 1.65 bits per heavy atom. The number of benzene rings is 1. The van der Waals surface area contributed by atoms with E-state index in [1.165, 1.54) is 39.5 Å². The number of rotatable bonds is 7. The van der Waals surface area contributed by atoms with Gasteiger partial charge in [0.25, 0.3) is 5.91 Å². The van der Waals surface area contributed by atoms with E-state index in [9.17, 15) is 9.59 Å². The van der Waals surface area contributed by atoms with Gasteiger partial charge in [-0.15, -0.1) is 0 Å². The molecule has 1 aromatic rings. The molecule has 0 unspecified atom stereocenters. The first-order valence-corrected chi connectivity index (χ1v) is 6.93. The summed E-state index contributed by atoms with van der Waals surface area (Å²) >= 11 is 0. The second kappa shape index (κ2) is 8.67. The summed E-state index contributed by atoms with van der Waals surface area (Å²) < 4.78 is 20.4. The summed E-state index contributed by atoms with van der Waals surface area (Å²) in [4.78, 5) is 23.6. The Labute approximate surface area is 135 Å². The van der Waals surface area contributed by atoms with Crippen LogP contribution in [0.25, 0.3) is 0 Å². The van der Waals surface area contributed by atoms with Crippen molar-refractivity contribution in [1.29, 1.82) is 0 Å². The van der Waals surface area contributed by atoms with E-state index < -0.39 is 11.9 Å². The zero-order valence-corrected chi connectivity index (χ0v) is 13.9. The minimum absolute atomic E-state index is 0.267. The van der Waals surface area contributed by atoms with Crippen LogP contribution in [-0.4, -0.2) is 39.8 Å². The Morgan fingerprint density at radius 3 is 2.09 bits per heavy atom. The van der Waals surface area contributed by atoms with E-state index in [-0.39, 0.29) is 6.61 Å². The lowest BCUT2D eigenvalue weighted by Gasteiger charge is -2.14. The van der Waals surface area contributed by atoms with Crippen molar-refractivity contribution in [2.75, 3.05) is 27.9 Å². The summed E-state index contributed by atoms with van der Waals surface area (Å²) in [7, 11) is 4.40. The highest BCUT2D eigenvalue weighted by Crippen LogP contribution is 2.38. The lowest BCUT2D eigenvalue weighted by atomic mass is 10.1. The molecule has 1 aromatic carbocycles. The van der Waals surface area contributed by atoms with Gasteiger partial charge < -0.3 is 24.3 Å². The van der Waals surface area contributed by atoms with Crippen molar-refractivity contribution in [2.45, 2.75) is 13.8 Å². The molecule has 0 atom stereocenters. The molecule has 0 saturated heterocycles. The summed E-state index contributed by atoms with van der Waals surface area (Å²) in [6, 6.07) is 3.04. The van der Waals surface area contributed by atoms with Crippen molar-refractivity contribution in [3.63, 3.8) is 0 Å². The Kier molecular flexibility index (Phi) is 6.92. The fourth-order valence-electron chi connectivity index (χ4n) is 1.86. The van der Waals surface area contributed by atoms with Crippen LogP contribution in [0.15, 0.2) is 23.9 Å². The Bertz CT molecular complexity index is 584. The second-order valence-electron chi connectivity index (χ2n) is 4.45. The number of nitrogens with one attached hydrogen (secondary N) is 1. The molecule has 0 aliphatic rings. The highest BCUT2D eigenvalue weighted by Gasteiger charge is 2.17. The zero-order chi connectivity index (χ0) is 17.4. The maximum atomic E-state index is 12.3. The first kappa shape index (κ1) is 18.3. The molecular weight excluding hydrogens is 302 g/mol. The van der Waals surface area contributed by atoms with Crippen molar-refractivity contribution in [3.05, 3.63) is 29.5 Å². The third-order valence-corrected chi connectivity index (χ3v) is 2.86. The average molecular weight is 323 g/mol. The summed E-state index contributed by atoms with van der Waals surface area (Å²) in [5, 5.41) is 2.60. The number of ether oxygens (including phenoxy) is 4. The van der Waals surface area contributed by atoms with Crippen LogP contribution in [0.2, 0.25) is 0 Å². The molecule has 7 heteroatoms. The van der Waals surface area contributed by atoms with Gasteiger partial charge in [0.05, 0.1) is 27.9 Å². The molecule has 0 aromatic heterocycles. The number of esters is 1. The van der Waals surface area contributed by atoms with E-state index in [1.807, 2.05) is 0 Å². The molecule has 126 valence electrons. The van der Waals surface area contributed by atoms with E-state index in [0.717, 1.165) is 0 Å². The molecule has 0 aliphatic carbocycles. The minimum Gasteiger partial charge on any atom is -0.493 e. The van der Waals surface area contributed by atoms with Gasteiger partial charge in [0.2, 0.25) is 5.75 Å². The molecule has 0 heterocycles.